The lowest BCUT2D eigenvalue weighted by Gasteiger charge is -2.59. The third-order valence-electron chi connectivity index (χ3n) is 8.98. The van der Waals surface area contributed by atoms with Crippen LogP contribution in [0, 0.1) is 28.6 Å². The second-order valence-corrected chi connectivity index (χ2v) is 10.7. The zero-order valence-corrected chi connectivity index (χ0v) is 17.2. The number of rotatable bonds is 2. The van der Waals surface area contributed by atoms with Gasteiger partial charge in [0, 0.05) is 17.6 Å². The van der Waals surface area contributed by atoms with E-state index in [0.717, 1.165) is 43.8 Å². The Kier molecular flexibility index (Phi) is 4.32. The molecule has 4 fully saturated rings. The highest BCUT2D eigenvalue weighted by atomic mass is 32.2. The molecule has 0 amide bonds. The molecular weight excluding hydrogens is 344 g/mol. The van der Waals surface area contributed by atoms with Crippen molar-refractivity contribution in [2.24, 2.45) is 28.6 Å². The molecule has 26 heavy (non-hydrogen) atoms. The quantitative estimate of drug-likeness (QED) is 0.723. The normalized spacial score (nSPS) is 49.4. The van der Waals surface area contributed by atoms with Gasteiger partial charge in [0.1, 0.15) is 0 Å². The molecule has 0 aromatic rings. The minimum atomic E-state index is -0.406. The average molecular weight is 379 g/mol. The summed E-state index contributed by atoms with van der Waals surface area (Å²) < 4.78 is 12.1. The van der Waals surface area contributed by atoms with Gasteiger partial charge in [0.25, 0.3) is 0 Å². The number of allylic oxidation sites excluding steroid dienone is 1. The zero-order chi connectivity index (χ0) is 18.0. The molecule has 4 aliphatic carbocycles. The molecule has 1 aliphatic heterocycles. The standard InChI is InChI=1S/C22H34O3S/c1-20-8-7-18-16(17(20)5-6-19(20)23)4-3-15-13-22(24-11-12-25-22)10-9-21(15,18)14-26-2/h13,16-19,23H,3-12,14H2,1-2H3/t16-,17-,18-,19-,20-,21+/m0/s1. The second-order valence-electron chi connectivity index (χ2n) is 9.82. The summed E-state index contributed by atoms with van der Waals surface area (Å²) in [7, 11) is 0. The molecule has 6 atom stereocenters. The summed E-state index contributed by atoms with van der Waals surface area (Å²) in [4.78, 5) is 0. The fourth-order valence-corrected chi connectivity index (χ4v) is 8.74. The SMILES string of the molecule is CSC[C@]12CCC3(C=C1CC[C@@H]1[C@@H]2CC[C@]2(C)[C@@H](O)CC[C@@H]12)OCCO3. The summed E-state index contributed by atoms with van der Waals surface area (Å²) in [6.45, 7) is 3.86. The fourth-order valence-electron chi connectivity index (χ4n) is 7.68. The van der Waals surface area contributed by atoms with E-state index in [9.17, 15) is 5.11 Å². The molecule has 0 aromatic carbocycles. The van der Waals surface area contributed by atoms with Crippen molar-refractivity contribution in [2.45, 2.75) is 70.2 Å². The van der Waals surface area contributed by atoms with E-state index >= 15 is 0 Å². The molecule has 4 heteroatoms. The van der Waals surface area contributed by atoms with Gasteiger partial charge in [-0.05, 0) is 80.4 Å². The number of ether oxygens (including phenoxy) is 2. The van der Waals surface area contributed by atoms with Crippen molar-refractivity contribution in [1.29, 1.82) is 0 Å². The zero-order valence-electron chi connectivity index (χ0n) is 16.3. The first-order valence-electron chi connectivity index (χ1n) is 10.7. The summed E-state index contributed by atoms with van der Waals surface area (Å²) in [5.74, 6) is 3.15. The third kappa shape index (κ3) is 2.38. The first kappa shape index (κ1) is 18.0. The molecule has 1 spiro atoms. The van der Waals surface area contributed by atoms with E-state index in [-0.39, 0.29) is 11.5 Å². The van der Waals surface area contributed by atoms with Gasteiger partial charge in [0.2, 0.25) is 0 Å². The molecule has 5 aliphatic rings. The largest absolute Gasteiger partial charge is 0.393 e. The molecule has 3 saturated carbocycles. The highest BCUT2D eigenvalue weighted by molar-refractivity contribution is 7.98. The average Bonchev–Trinajstić information content (AvgIpc) is 3.21. The fraction of sp³-hybridized carbons (Fsp3) is 0.909. The Balaban J connectivity index is 1.51. The minimum Gasteiger partial charge on any atom is -0.393 e. The van der Waals surface area contributed by atoms with E-state index < -0.39 is 5.79 Å². The molecule has 3 nitrogen and oxygen atoms in total. The molecule has 1 saturated heterocycles. The molecule has 1 heterocycles. The number of aliphatic hydroxyl groups is 1. The van der Waals surface area contributed by atoms with Crippen LogP contribution in [0.5, 0.6) is 0 Å². The first-order valence-corrected chi connectivity index (χ1v) is 12.1. The topological polar surface area (TPSA) is 38.7 Å². The van der Waals surface area contributed by atoms with Crippen molar-refractivity contribution in [3.05, 3.63) is 11.6 Å². The van der Waals surface area contributed by atoms with Gasteiger partial charge < -0.3 is 14.6 Å². The van der Waals surface area contributed by atoms with Crippen molar-refractivity contribution in [3.8, 4) is 0 Å². The lowest BCUT2D eigenvalue weighted by atomic mass is 9.47. The van der Waals surface area contributed by atoms with Crippen LogP contribution in [-0.4, -0.2) is 42.2 Å². The Morgan fingerprint density at radius 1 is 1.08 bits per heavy atom. The van der Waals surface area contributed by atoms with E-state index in [0.29, 0.717) is 5.41 Å². The van der Waals surface area contributed by atoms with Crippen LogP contribution in [0.2, 0.25) is 0 Å². The summed E-state index contributed by atoms with van der Waals surface area (Å²) >= 11 is 2.02. The van der Waals surface area contributed by atoms with E-state index in [1.54, 1.807) is 5.57 Å². The first-order chi connectivity index (χ1) is 12.5. The predicted octanol–water partition coefficient (Wildman–Crippen LogP) is 4.40. The van der Waals surface area contributed by atoms with Crippen molar-refractivity contribution in [3.63, 3.8) is 0 Å². The van der Waals surface area contributed by atoms with Gasteiger partial charge in [0.15, 0.2) is 5.79 Å². The third-order valence-corrected chi connectivity index (χ3v) is 9.78. The number of thioether (sulfide) groups is 1. The van der Waals surface area contributed by atoms with Crippen molar-refractivity contribution >= 4 is 11.8 Å². The highest BCUT2D eigenvalue weighted by Gasteiger charge is 2.61. The van der Waals surface area contributed by atoms with E-state index in [2.05, 4.69) is 19.3 Å². The van der Waals surface area contributed by atoms with E-state index in [4.69, 9.17) is 9.47 Å². The van der Waals surface area contributed by atoms with Gasteiger partial charge in [0.05, 0.1) is 19.3 Å². The van der Waals surface area contributed by atoms with Gasteiger partial charge in [-0.1, -0.05) is 12.5 Å². The Morgan fingerprint density at radius 3 is 2.65 bits per heavy atom. The van der Waals surface area contributed by atoms with Gasteiger partial charge in [-0.15, -0.1) is 0 Å². The van der Waals surface area contributed by atoms with Crippen molar-refractivity contribution in [1.82, 2.24) is 0 Å². The molecule has 0 unspecified atom stereocenters. The maximum atomic E-state index is 10.7. The lowest BCUT2D eigenvalue weighted by Crippen LogP contribution is -2.54. The molecule has 0 bridgehead atoms. The summed E-state index contributed by atoms with van der Waals surface area (Å²) in [6, 6.07) is 0. The highest BCUT2D eigenvalue weighted by Crippen LogP contribution is 2.66. The van der Waals surface area contributed by atoms with Crippen LogP contribution in [0.3, 0.4) is 0 Å². The summed E-state index contributed by atoms with van der Waals surface area (Å²) in [6.07, 6.45) is 14.1. The van der Waals surface area contributed by atoms with Crippen LogP contribution >= 0.6 is 11.8 Å². The summed E-state index contributed by atoms with van der Waals surface area (Å²) in [5.41, 5.74) is 2.16. The van der Waals surface area contributed by atoms with Gasteiger partial charge in [-0.2, -0.15) is 11.8 Å². The molecule has 0 radical (unpaired) electrons. The number of hydrogen-bond acceptors (Lipinski definition) is 4. The smallest absolute Gasteiger partial charge is 0.188 e. The minimum absolute atomic E-state index is 0.0724. The monoisotopic (exact) mass is 378 g/mol. The number of fused-ring (bicyclic) bond motifs is 5. The van der Waals surface area contributed by atoms with E-state index in [1.807, 2.05) is 11.8 Å². The van der Waals surface area contributed by atoms with Crippen LogP contribution < -0.4 is 0 Å². The van der Waals surface area contributed by atoms with Crippen LogP contribution in [-0.2, 0) is 9.47 Å². The van der Waals surface area contributed by atoms with Gasteiger partial charge in [-0.3, -0.25) is 0 Å². The Labute approximate surface area is 162 Å². The molecule has 0 aromatic heterocycles. The number of hydrogen-bond donors (Lipinski definition) is 1. The van der Waals surface area contributed by atoms with Crippen molar-refractivity contribution < 1.29 is 14.6 Å². The second kappa shape index (κ2) is 6.23. The van der Waals surface area contributed by atoms with Gasteiger partial charge >= 0.3 is 0 Å². The molecule has 5 rings (SSSR count). The lowest BCUT2D eigenvalue weighted by molar-refractivity contribution is -0.144. The predicted molar refractivity (Wildman–Crippen MR) is 105 cm³/mol. The Hall–Kier alpha value is -0.0300. The van der Waals surface area contributed by atoms with E-state index in [1.165, 1.54) is 44.3 Å². The number of aliphatic hydroxyl groups excluding tert-OH is 1. The Morgan fingerprint density at radius 2 is 1.88 bits per heavy atom. The molecular formula is C22H34O3S. The summed E-state index contributed by atoms with van der Waals surface area (Å²) in [5, 5.41) is 10.7. The van der Waals surface area contributed by atoms with Crippen LogP contribution in [0.1, 0.15) is 58.3 Å². The maximum Gasteiger partial charge on any atom is 0.188 e. The van der Waals surface area contributed by atoms with Crippen LogP contribution in [0.4, 0.5) is 0 Å². The Bertz CT molecular complexity index is 598. The van der Waals surface area contributed by atoms with Gasteiger partial charge in [-0.25, -0.2) is 0 Å². The maximum absolute atomic E-state index is 10.7. The van der Waals surface area contributed by atoms with Crippen molar-refractivity contribution in [2.75, 3.05) is 25.2 Å². The van der Waals surface area contributed by atoms with Crippen LogP contribution in [0.15, 0.2) is 11.6 Å². The molecule has 1 N–H and O–H groups in total. The van der Waals surface area contributed by atoms with Crippen LogP contribution in [0.25, 0.3) is 0 Å². The molecule has 146 valence electrons.